The molecule has 0 fully saturated rings. The largest absolute Gasteiger partial charge is 0.462 e. The number of hydrogen-bond donors (Lipinski definition) is 1. The van der Waals surface area contributed by atoms with Crippen LogP contribution in [0.15, 0.2) is 72.9 Å². The van der Waals surface area contributed by atoms with E-state index in [0.717, 1.165) is 103 Å². The Morgan fingerprint density at radius 2 is 0.831 bits per heavy atom. The SMILES string of the molecule is CCCCC/C=C\C/C=C\CCCCCCCC(=O)OCC(COC(=O)CCCCCCC/C=C\CCCCCCCC)OC(=O)C=CC=CC=CCCC(CCCCCCCC)OO. The molecule has 0 aromatic heterocycles. The number of hydrogen-bond acceptors (Lipinski definition) is 8. The molecule has 0 aliphatic heterocycles. The molecule has 2 unspecified atom stereocenters. The molecule has 0 amide bonds. The van der Waals surface area contributed by atoms with Crippen molar-refractivity contribution in [2.45, 2.75) is 258 Å². The molecule has 2 atom stereocenters. The van der Waals surface area contributed by atoms with Crippen molar-refractivity contribution in [2.75, 3.05) is 13.2 Å². The lowest BCUT2D eigenvalue weighted by Crippen LogP contribution is -2.30. The minimum absolute atomic E-state index is 0.159. The molecule has 0 spiro atoms. The maximum Gasteiger partial charge on any atom is 0.331 e. The molecule has 374 valence electrons. The first-order valence-corrected chi connectivity index (χ1v) is 26.7. The highest BCUT2D eigenvalue weighted by Gasteiger charge is 2.18. The second-order valence-electron chi connectivity index (χ2n) is 17.8. The van der Waals surface area contributed by atoms with E-state index in [1.54, 1.807) is 12.2 Å². The fourth-order valence-corrected chi connectivity index (χ4v) is 7.38. The first-order valence-electron chi connectivity index (χ1n) is 26.7. The third-order valence-electron chi connectivity index (χ3n) is 11.5. The van der Waals surface area contributed by atoms with Crippen molar-refractivity contribution in [3.63, 3.8) is 0 Å². The third kappa shape index (κ3) is 48.5. The molecular formula is C57H98O8. The topological polar surface area (TPSA) is 108 Å². The number of esters is 3. The van der Waals surface area contributed by atoms with Crippen LogP contribution in [0.3, 0.4) is 0 Å². The molecule has 0 radical (unpaired) electrons. The Hall–Kier alpha value is -3.23. The van der Waals surface area contributed by atoms with Gasteiger partial charge < -0.3 is 14.2 Å². The van der Waals surface area contributed by atoms with Crippen LogP contribution in [-0.2, 0) is 33.5 Å². The Bertz CT molecular complexity index is 1250. The number of carbonyl (C=O) groups is 3. The highest BCUT2D eigenvalue weighted by Crippen LogP contribution is 2.15. The van der Waals surface area contributed by atoms with Crippen LogP contribution >= 0.6 is 0 Å². The average molecular weight is 911 g/mol. The van der Waals surface area contributed by atoms with E-state index in [9.17, 15) is 19.6 Å². The number of allylic oxidation sites excluding steroid dienone is 11. The van der Waals surface area contributed by atoms with Crippen LogP contribution in [0.4, 0.5) is 0 Å². The maximum atomic E-state index is 12.7. The van der Waals surface area contributed by atoms with Gasteiger partial charge >= 0.3 is 17.9 Å². The molecule has 0 saturated heterocycles. The normalized spacial score (nSPS) is 13.1. The van der Waals surface area contributed by atoms with Crippen molar-refractivity contribution in [2.24, 2.45) is 0 Å². The van der Waals surface area contributed by atoms with Crippen LogP contribution in [0.2, 0.25) is 0 Å². The molecule has 0 saturated carbocycles. The van der Waals surface area contributed by atoms with E-state index in [2.05, 4.69) is 62.1 Å². The third-order valence-corrected chi connectivity index (χ3v) is 11.5. The summed E-state index contributed by atoms with van der Waals surface area (Å²) in [6.45, 7) is 6.36. The van der Waals surface area contributed by atoms with Gasteiger partial charge in [-0.3, -0.25) is 14.8 Å². The molecular weight excluding hydrogens is 813 g/mol. The lowest BCUT2D eigenvalue weighted by Gasteiger charge is -2.17. The van der Waals surface area contributed by atoms with E-state index in [4.69, 9.17) is 14.2 Å². The minimum atomic E-state index is -0.902. The first-order chi connectivity index (χ1) is 32.0. The van der Waals surface area contributed by atoms with Gasteiger partial charge in [-0.15, -0.1) is 0 Å². The summed E-state index contributed by atoms with van der Waals surface area (Å²) < 4.78 is 16.6. The lowest BCUT2D eigenvalue weighted by atomic mass is 10.0. The van der Waals surface area contributed by atoms with E-state index in [1.165, 1.54) is 115 Å². The summed E-state index contributed by atoms with van der Waals surface area (Å²) in [5.74, 6) is -1.30. The summed E-state index contributed by atoms with van der Waals surface area (Å²) in [5.41, 5.74) is 0. The van der Waals surface area contributed by atoms with E-state index in [0.29, 0.717) is 12.8 Å². The summed E-state index contributed by atoms with van der Waals surface area (Å²) in [5, 5.41) is 9.26. The van der Waals surface area contributed by atoms with Gasteiger partial charge in [0.1, 0.15) is 13.2 Å². The van der Waals surface area contributed by atoms with E-state index >= 15 is 0 Å². The highest BCUT2D eigenvalue weighted by molar-refractivity contribution is 5.82. The molecule has 8 heteroatoms. The highest BCUT2D eigenvalue weighted by atomic mass is 17.1. The Labute approximate surface area is 399 Å². The van der Waals surface area contributed by atoms with Crippen LogP contribution in [-0.4, -0.2) is 48.6 Å². The Morgan fingerprint density at radius 1 is 0.415 bits per heavy atom. The summed E-state index contributed by atoms with van der Waals surface area (Å²) in [7, 11) is 0. The summed E-state index contributed by atoms with van der Waals surface area (Å²) in [6, 6.07) is 0. The summed E-state index contributed by atoms with van der Waals surface area (Å²) >= 11 is 0. The molecule has 0 rings (SSSR count). The van der Waals surface area contributed by atoms with Crippen LogP contribution in [0.25, 0.3) is 0 Å². The zero-order valence-electron chi connectivity index (χ0n) is 42.1. The van der Waals surface area contributed by atoms with Crippen molar-refractivity contribution in [3.05, 3.63) is 72.9 Å². The molecule has 0 aliphatic rings. The summed E-state index contributed by atoms with van der Waals surface area (Å²) in [6.07, 6.45) is 60.7. The molecule has 0 bridgehead atoms. The van der Waals surface area contributed by atoms with E-state index in [1.807, 2.05) is 18.2 Å². The Morgan fingerprint density at radius 3 is 1.34 bits per heavy atom. The van der Waals surface area contributed by atoms with Crippen LogP contribution in [0, 0.1) is 0 Å². The fourth-order valence-electron chi connectivity index (χ4n) is 7.38. The van der Waals surface area contributed by atoms with Gasteiger partial charge in [-0.05, 0) is 89.9 Å². The number of carbonyl (C=O) groups excluding carboxylic acids is 3. The first kappa shape index (κ1) is 61.8. The maximum absolute atomic E-state index is 12.7. The standard InChI is InChI=1S/C57H98O8/c1-4-7-10-13-16-18-20-22-24-26-28-30-32-38-43-48-55(58)62-51-54(52-63-56(59)49-44-39-33-31-29-27-25-23-21-19-17-14-11-8-5-2)64-57(60)50-45-40-35-34-37-42-47-53(65-61)46-41-36-15-12-9-6-3/h16,18,22-25,34-35,37,40,45,50,53-54,61H,4-15,17,19-21,26-33,36,38-39,41-44,46-49,51-52H2,1-3H3/b18-16-,24-22-,25-23-,37-34?,40-35?,50-45?. The Balaban J connectivity index is 4.66. The molecule has 8 nitrogen and oxygen atoms in total. The van der Waals surface area contributed by atoms with Gasteiger partial charge in [-0.1, -0.05) is 210 Å². The monoisotopic (exact) mass is 911 g/mol. The lowest BCUT2D eigenvalue weighted by molar-refractivity contribution is -0.281. The predicted octanol–water partition coefficient (Wildman–Crippen LogP) is 16.9. The van der Waals surface area contributed by atoms with Crippen molar-refractivity contribution >= 4 is 17.9 Å². The second-order valence-corrected chi connectivity index (χ2v) is 17.8. The van der Waals surface area contributed by atoms with Crippen LogP contribution in [0.5, 0.6) is 0 Å². The van der Waals surface area contributed by atoms with E-state index < -0.39 is 12.1 Å². The van der Waals surface area contributed by atoms with Crippen molar-refractivity contribution in [1.29, 1.82) is 0 Å². The van der Waals surface area contributed by atoms with Gasteiger partial charge in [0.15, 0.2) is 6.10 Å². The number of rotatable bonds is 48. The second kappa shape index (κ2) is 51.7. The predicted molar refractivity (Wildman–Crippen MR) is 273 cm³/mol. The van der Waals surface area contributed by atoms with Gasteiger partial charge in [0.25, 0.3) is 0 Å². The van der Waals surface area contributed by atoms with Gasteiger partial charge in [0.2, 0.25) is 0 Å². The van der Waals surface area contributed by atoms with Crippen molar-refractivity contribution < 1.29 is 38.7 Å². The molecule has 0 aromatic carbocycles. The smallest absolute Gasteiger partial charge is 0.331 e. The van der Waals surface area contributed by atoms with Gasteiger partial charge in [0, 0.05) is 18.9 Å². The van der Waals surface area contributed by atoms with E-state index in [-0.39, 0.29) is 31.3 Å². The fraction of sp³-hybridized carbons (Fsp3) is 0.737. The molecule has 0 aromatic rings. The van der Waals surface area contributed by atoms with Crippen LogP contribution < -0.4 is 0 Å². The summed E-state index contributed by atoms with van der Waals surface area (Å²) in [4.78, 5) is 42.6. The van der Waals surface area contributed by atoms with Gasteiger partial charge in [0.05, 0.1) is 6.10 Å². The van der Waals surface area contributed by atoms with Gasteiger partial charge in [-0.25, -0.2) is 9.68 Å². The zero-order chi connectivity index (χ0) is 47.4. The van der Waals surface area contributed by atoms with Crippen molar-refractivity contribution in [3.8, 4) is 0 Å². The quantitative estimate of drug-likeness (QED) is 0.00940. The van der Waals surface area contributed by atoms with Crippen LogP contribution in [0.1, 0.15) is 245 Å². The molecule has 1 N–H and O–H groups in total. The molecule has 65 heavy (non-hydrogen) atoms. The number of ether oxygens (including phenoxy) is 3. The zero-order valence-corrected chi connectivity index (χ0v) is 42.1. The molecule has 0 aliphatic carbocycles. The average Bonchev–Trinajstić information content (AvgIpc) is 3.31. The van der Waals surface area contributed by atoms with Gasteiger partial charge in [-0.2, -0.15) is 0 Å². The minimum Gasteiger partial charge on any atom is -0.462 e. The number of unbranched alkanes of at least 4 members (excludes halogenated alkanes) is 24. The Kier molecular flexibility index (Phi) is 49.2. The van der Waals surface area contributed by atoms with Crippen molar-refractivity contribution in [1.82, 2.24) is 0 Å². The molecule has 0 heterocycles.